The minimum atomic E-state index is -4.21. The maximum absolute atomic E-state index is 13.9. The highest BCUT2D eigenvalue weighted by atomic mass is 32.2. The normalized spacial score (nSPS) is 11.9. The Bertz CT molecular complexity index is 1380. The van der Waals surface area contributed by atoms with Crippen LogP contribution in [-0.4, -0.2) is 51.4 Å². The Balaban J connectivity index is 2.05. The molecule has 0 saturated carbocycles. The standard InChI is InChI=1S/C29H34FN3O5S/c1-5-18-31-29(35)22(3)32(19-23-12-14-24(30)15-13-23)28(34)20-33(26-8-6-7-9-27(26)38-4)39(36,37)25-16-10-21(2)11-17-25/h6-17,22H,5,18-20H2,1-4H3,(H,31,35)/t22-/m1/s1. The van der Waals surface area contributed by atoms with E-state index in [1.807, 2.05) is 13.8 Å². The molecule has 3 aromatic carbocycles. The van der Waals surface area contributed by atoms with Crippen LogP contribution in [-0.2, 0) is 26.2 Å². The molecule has 0 aliphatic carbocycles. The van der Waals surface area contributed by atoms with E-state index in [2.05, 4.69) is 5.32 Å². The number of hydrogen-bond acceptors (Lipinski definition) is 5. The van der Waals surface area contributed by atoms with Crippen molar-refractivity contribution in [1.82, 2.24) is 10.2 Å². The number of sulfonamides is 1. The first-order chi connectivity index (χ1) is 18.6. The van der Waals surface area contributed by atoms with Crippen molar-refractivity contribution in [1.29, 1.82) is 0 Å². The maximum atomic E-state index is 13.9. The lowest BCUT2D eigenvalue weighted by atomic mass is 10.1. The van der Waals surface area contributed by atoms with Gasteiger partial charge in [-0.1, -0.05) is 48.9 Å². The number of carbonyl (C=O) groups is 2. The van der Waals surface area contributed by atoms with E-state index in [1.54, 1.807) is 43.3 Å². The molecule has 0 saturated heterocycles. The second-order valence-electron chi connectivity index (χ2n) is 9.11. The number of para-hydroxylation sites is 2. The minimum Gasteiger partial charge on any atom is -0.495 e. The molecule has 8 nitrogen and oxygen atoms in total. The fraction of sp³-hybridized carbons (Fsp3) is 0.310. The summed E-state index contributed by atoms with van der Waals surface area (Å²) in [5.41, 5.74) is 1.65. The molecule has 0 radical (unpaired) electrons. The van der Waals surface area contributed by atoms with Gasteiger partial charge in [-0.3, -0.25) is 13.9 Å². The number of halogens is 1. The van der Waals surface area contributed by atoms with Crippen molar-refractivity contribution in [2.45, 2.75) is 44.7 Å². The van der Waals surface area contributed by atoms with Gasteiger partial charge in [0.25, 0.3) is 10.0 Å². The lowest BCUT2D eigenvalue weighted by molar-refractivity contribution is -0.139. The quantitative estimate of drug-likeness (QED) is 0.360. The fourth-order valence-corrected chi connectivity index (χ4v) is 5.38. The fourth-order valence-electron chi connectivity index (χ4n) is 3.95. The molecule has 0 aromatic heterocycles. The topological polar surface area (TPSA) is 96.0 Å². The number of ether oxygens (including phenoxy) is 1. The van der Waals surface area contributed by atoms with Gasteiger partial charge in [0.2, 0.25) is 11.8 Å². The van der Waals surface area contributed by atoms with Gasteiger partial charge in [0, 0.05) is 13.1 Å². The van der Waals surface area contributed by atoms with Gasteiger partial charge in [-0.05, 0) is 62.2 Å². The first kappa shape index (κ1) is 29.6. The van der Waals surface area contributed by atoms with E-state index >= 15 is 0 Å². The zero-order valence-electron chi connectivity index (χ0n) is 22.6. The average molecular weight is 556 g/mol. The summed E-state index contributed by atoms with van der Waals surface area (Å²) < 4.78 is 47.7. The number of amides is 2. The number of aryl methyl sites for hydroxylation is 1. The van der Waals surface area contributed by atoms with E-state index in [0.717, 1.165) is 9.87 Å². The molecule has 0 bridgehead atoms. The number of carbonyl (C=O) groups excluding carboxylic acids is 2. The molecule has 39 heavy (non-hydrogen) atoms. The zero-order valence-corrected chi connectivity index (χ0v) is 23.4. The number of nitrogens with one attached hydrogen (secondary N) is 1. The smallest absolute Gasteiger partial charge is 0.264 e. The molecule has 0 unspecified atom stereocenters. The van der Waals surface area contributed by atoms with E-state index in [9.17, 15) is 22.4 Å². The highest BCUT2D eigenvalue weighted by Gasteiger charge is 2.33. The Morgan fingerprint density at radius 3 is 2.26 bits per heavy atom. The SMILES string of the molecule is CCCNC(=O)[C@@H](C)N(Cc1ccc(F)cc1)C(=O)CN(c1ccccc1OC)S(=O)(=O)c1ccc(C)cc1. The Morgan fingerprint density at radius 1 is 1.00 bits per heavy atom. The molecule has 0 spiro atoms. The summed E-state index contributed by atoms with van der Waals surface area (Å²) in [6.07, 6.45) is 0.709. The summed E-state index contributed by atoms with van der Waals surface area (Å²) in [7, 11) is -2.80. The molecule has 10 heteroatoms. The van der Waals surface area contributed by atoms with E-state index in [0.29, 0.717) is 18.5 Å². The molecule has 0 fully saturated rings. The minimum absolute atomic E-state index is 0.00521. The largest absolute Gasteiger partial charge is 0.495 e. The van der Waals surface area contributed by atoms with Crippen LogP contribution in [0.25, 0.3) is 0 Å². The molecule has 3 rings (SSSR count). The van der Waals surface area contributed by atoms with Gasteiger partial charge in [-0.2, -0.15) is 0 Å². The number of nitrogens with zero attached hydrogens (tertiary/aromatic N) is 2. The van der Waals surface area contributed by atoms with Gasteiger partial charge in [-0.25, -0.2) is 12.8 Å². The zero-order chi connectivity index (χ0) is 28.6. The molecule has 0 heterocycles. The summed E-state index contributed by atoms with van der Waals surface area (Å²) in [5.74, 6) is -1.16. The van der Waals surface area contributed by atoms with Crippen molar-refractivity contribution in [3.63, 3.8) is 0 Å². The predicted octanol–water partition coefficient (Wildman–Crippen LogP) is 4.28. The van der Waals surface area contributed by atoms with Crippen LogP contribution in [0.3, 0.4) is 0 Å². The van der Waals surface area contributed by atoms with Gasteiger partial charge in [0.1, 0.15) is 24.2 Å². The summed E-state index contributed by atoms with van der Waals surface area (Å²) in [5, 5.41) is 2.78. The second-order valence-corrected chi connectivity index (χ2v) is 11.0. The molecular formula is C29H34FN3O5S. The Kier molecular flexibility index (Phi) is 10.1. The summed E-state index contributed by atoms with van der Waals surface area (Å²) in [6.45, 7) is 5.14. The van der Waals surface area contributed by atoms with Crippen LogP contribution in [0.5, 0.6) is 5.75 Å². The molecule has 0 aliphatic rings. The third-order valence-electron chi connectivity index (χ3n) is 6.22. The van der Waals surface area contributed by atoms with Crippen molar-refractivity contribution >= 4 is 27.5 Å². The molecule has 208 valence electrons. The van der Waals surface area contributed by atoms with E-state index in [1.165, 1.54) is 48.4 Å². The van der Waals surface area contributed by atoms with Crippen LogP contribution in [0.4, 0.5) is 10.1 Å². The summed E-state index contributed by atoms with van der Waals surface area (Å²) in [6, 6.07) is 17.5. The number of methoxy groups -OCH3 is 1. The molecule has 3 aromatic rings. The highest BCUT2D eigenvalue weighted by Crippen LogP contribution is 2.32. The van der Waals surface area contributed by atoms with Crippen molar-refractivity contribution in [3.8, 4) is 5.75 Å². The predicted molar refractivity (Wildman–Crippen MR) is 148 cm³/mol. The van der Waals surface area contributed by atoms with Gasteiger partial charge in [0.15, 0.2) is 0 Å². The van der Waals surface area contributed by atoms with Gasteiger partial charge in [0.05, 0.1) is 17.7 Å². The van der Waals surface area contributed by atoms with Crippen molar-refractivity contribution in [2.24, 2.45) is 0 Å². The number of anilines is 1. The highest BCUT2D eigenvalue weighted by molar-refractivity contribution is 7.92. The Hall–Kier alpha value is -3.92. The molecular weight excluding hydrogens is 521 g/mol. The third kappa shape index (κ3) is 7.35. The van der Waals surface area contributed by atoms with Gasteiger partial charge in [-0.15, -0.1) is 0 Å². The van der Waals surface area contributed by atoms with Crippen LogP contribution < -0.4 is 14.4 Å². The lowest BCUT2D eigenvalue weighted by Gasteiger charge is -2.32. The van der Waals surface area contributed by atoms with Crippen LogP contribution in [0.1, 0.15) is 31.4 Å². The Labute approximate surface area is 229 Å². The molecule has 1 N–H and O–H groups in total. The summed E-state index contributed by atoms with van der Waals surface area (Å²) in [4.78, 5) is 28.1. The van der Waals surface area contributed by atoms with Gasteiger partial charge >= 0.3 is 0 Å². The van der Waals surface area contributed by atoms with E-state index < -0.39 is 34.3 Å². The van der Waals surface area contributed by atoms with Crippen LogP contribution in [0, 0.1) is 12.7 Å². The third-order valence-corrected chi connectivity index (χ3v) is 8.00. The lowest BCUT2D eigenvalue weighted by Crippen LogP contribution is -2.51. The van der Waals surface area contributed by atoms with E-state index in [-0.39, 0.29) is 28.8 Å². The second kappa shape index (κ2) is 13.2. The maximum Gasteiger partial charge on any atom is 0.264 e. The monoisotopic (exact) mass is 555 g/mol. The first-order valence-electron chi connectivity index (χ1n) is 12.6. The van der Waals surface area contributed by atoms with Crippen molar-refractivity contribution in [2.75, 3.05) is 24.5 Å². The van der Waals surface area contributed by atoms with Crippen LogP contribution in [0.2, 0.25) is 0 Å². The molecule has 0 aliphatic heterocycles. The van der Waals surface area contributed by atoms with Crippen molar-refractivity contribution in [3.05, 3.63) is 89.7 Å². The van der Waals surface area contributed by atoms with Crippen LogP contribution >= 0.6 is 0 Å². The number of rotatable bonds is 12. The average Bonchev–Trinajstić information content (AvgIpc) is 2.93. The number of hydrogen-bond donors (Lipinski definition) is 1. The first-order valence-corrected chi connectivity index (χ1v) is 14.1. The van der Waals surface area contributed by atoms with Gasteiger partial charge < -0.3 is 15.0 Å². The van der Waals surface area contributed by atoms with Crippen molar-refractivity contribution < 1.29 is 27.1 Å². The molecule has 2 amide bonds. The van der Waals surface area contributed by atoms with E-state index in [4.69, 9.17) is 4.74 Å². The van der Waals surface area contributed by atoms with Crippen LogP contribution in [0.15, 0.2) is 77.7 Å². The number of benzene rings is 3. The summed E-state index contributed by atoms with van der Waals surface area (Å²) >= 11 is 0. The Morgan fingerprint density at radius 2 is 1.64 bits per heavy atom. The molecule has 1 atom stereocenters.